The van der Waals surface area contributed by atoms with Gasteiger partial charge in [-0.25, -0.2) is 0 Å². The van der Waals surface area contributed by atoms with Crippen LogP contribution in [0.25, 0.3) is 0 Å². The van der Waals surface area contributed by atoms with Gasteiger partial charge in [-0.15, -0.1) is 0 Å². The predicted molar refractivity (Wildman–Crippen MR) is 160 cm³/mol. The van der Waals surface area contributed by atoms with Crippen molar-refractivity contribution in [3.63, 3.8) is 0 Å². The van der Waals surface area contributed by atoms with E-state index in [1.165, 1.54) is 11.1 Å². The fourth-order valence-electron chi connectivity index (χ4n) is 4.72. The first-order valence-electron chi connectivity index (χ1n) is 13.4. The average Bonchev–Trinajstić information content (AvgIpc) is 3.02. The van der Waals surface area contributed by atoms with E-state index in [1.54, 1.807) is 42.7 Å². The van der Waals surface area contributed by atoms with Crippen LogP contribution in [0.1, 0.15) is 22.3 Å². The van der Waals surface area contributed by atoms with Gasteiger partial charge in [0.25, 0.3) is 0 Å². The van der Waals surface area contributed by atoms with Crippen LogP contribution >= 0.6 is 0 Å². The molecule has 0 aliphatic rings. The summed E-state index contributed by atoms with van der Waals surface area (Å²) in [5.41, 5.74) is 4.42. The zero-order chi connectivity index (χ0) is 29.2. The summed E-state index contributed by atoms with van der Waals surface area (Å²) in [6, 6.07) is 24.0. The Morgan fingerprint density at radius 1 is 0.415 bits per heavy atom. The summed E-state index contributed by atoms with van der Waals surface area (Å²) in [4.78, 5) is 0. The van der Waals surface area contributed by atoms with Crippen LogP contribution in [-0.2, 0) is 25.7 Å². The highest BCUT2D eigenvalue weighted by Gasteiger charge is 2.19. The number of benzene rings is 4. The first-order chi connectivity index (χ1) is 20.0. The largest absolute Gasteiger partial charge is 0.497 e. The second kappa shape index (κ2) is 14.2. The van der Waals surface area contributed by atoms with Crippen molar-refractivity contribution < 1.29 is 33.2 Å². The zero-order valence-electron chi connectivity index (χ0n) is 24.6. The van der Waals surface area contributed by atoms with Crippen LogP contribution in [0.4, 0.5) is 0 Å². The molecule has 4 aromatic rings. The zero-order valence-corrected chi connectivity index (χ0v) is 24.6. The monoisotopic (exact) mass is 558 g/mol. The lowest BCUT2D eigenvalue weighted by Gasteiger charge is -2.19. The van der Waals surface area contributed by atoms with Gasteiger partial charge >= 0.3 is 0 Å². The average molecular weight is 559 g/mol. The first kappa shape index (κ1) is 29.5. The topological polar surface area (TPSA) is 64.6 Å². The summed E-state index contributed by atoms with van der Waals surface area (Å²) in [6.45, 7) is 0. The molecule has 0 N–H and O–H groups in total. The lowest BCUT2D eigenvalue weighted by Crippen LogP contribution is -2.01. The summed E-state index contributed by atoms with van der Waals surface area (Å²) < 4.78 is 39.9. The van der Waals surface area contributed by atoms with E-state index in [0.717, 1.165) is 54.1 Å². The van der Waals surface area contributed by atoms with Crippen LogP contribution in [0.2, 0.25) is 0 Å². The molecule has 0 atom stereocenters. The van der Waals surface area contributed by atoms with E-state index < -0.39 is 0 Å². The van der Waals surface area contributed by atoms with Crippen molar-refractivity contribution in [1.82, 2.24) is 0 Å². The molecule has 0 fully saturated rings. The molecule has 0 spiro atoms. The van der Waals surface area contributed by atoms with E-state index >= 15 is 0 Å². The molecule has 7 nitrogen and oxygen atoms in total. The molecule has 0 heterocycles. The van der Waals surface area contributed by atoms with E-state index in [0.29, 0.717) is 28.7 Å². The Hall–Kier alpha value is -4.52. The van der Waals surface area contributed by atoms with E-state index in [4.69, 9.17) is 33.2 Å². The maximum atomic E-state index is 6.49. The smallest absolute Gasteiger partial charge is 0.203 e. The molecule has 0 saturated carbocycles. The summed E-state index contributed by atoms with van der Waals surface area (Å²) in [7, 11) is 9.84. The van der Waals surface area contributed by atoms with Crippen LogP contribution in [0, 0.1) is 0 Å². The van der Waals surface area contributed by atoms with Crippen LogP contribution in [-0.4, -0.2) is 42.7 Å². The van der Waals surface area contributed by atoms with Crippen molar-refractivity contribution >= 4 is 0 Å². The van der Waals surface area contributed by atoms with Crippen LogP contribution in [0.5, 0.6) is 46.0 Å². The van der Waals surface area contributed by atoms with E-state index in [9.17, 15) is 0 Å². The minimum absolute atomic E-state index is 0.511. The molecule has 41 heavy (non-hydrogen) atoms. The molecule has 0 radical (unpaired) electrons. The van der Waals surface area contributed by atoms with Gasteiger partial charge in [0.05, 0.1) is 42.7 Å². The maximum absolute atomic E-state index is 6.49. The summed E-state index contributed by atoms with van der Waals surface area (Å²) >= 11 is 0. The highest BCUT2D eigenvalue weighted by atomic mass is 16.5. The maximum Gasteiger partial charge on any atom is 0.203 e. The van der Waals surface area contributed by atoms with Crippen molar-refractivity contribution in [2.24, 2.45) is 0 Å². The molecule has 0 aliphatic heterocycles. The summed E-state index contributed by atoms with van der Waals surface area (Å²) in [6.07, 6.45) is 3.17. The fourth-order valence-corrected chi connectivity index (χ4v) is 4.72. The SMILES string of the molecule is COc1ccc(CCc2cc(OC)c(OC)c(Oc3cc(CCc4cccc(OC)c4)c(OC)cc3OC)c2)cc1. The Labute approximate surface area is 242 Å². The number of rotatable bonds is 14. The third-order valence-electron chi connectivity index (χ3n) is 6.97. The lowest BCUT2D eigenvalue weighted by molar-refractivity contribution is 0.328. The van der Waals surface area contributed by atoms with Gasteiger partial charge in [0, 0.05) is 6.07 Å². The van der Waals surface area contributed by atoms with Crippen LogP contribution < -0.4 is 33.2 Å². The minimum Gasteiger partial charge on any atom is -0.497 e. The van der Waals surface area contributed by atoms with Gasteiger partial charge in [-0.2, -0.15) is 0 Å². The molecule has 0 unspecified atom stereocenters. The minimum atomic E-state index is 0.511. The first-order valence-corrected chi connectivity index (χ1v) is 13.4. The number of methoxy groups -OCH3 is 6. The Bertz CT molecular complexity index is 1430. The Morgan fingerprint density at radius 2 is 1.07 bits per heavy atom. The van der Waals surface area contributed by atoms with Crippen molar-refractivity contribution in [1.29, 1.82) is 0 Å². The Morgan fingerprint density at radius 3 is 1.73 bits per heavy atom. The highest BCUT2D eigenvalue weighted by molar-refractivity contribution is 5.58. The van der Waals surface area contributed by atoms with Crippen molar-refractivity contribution in [3.8, 4) is 46.0 Å². The van der Waals surface area contributed by atoms with Gasteiger partial charge < -0.3 is 33.2 Å². The molecule has 4 rings (SSSR count). The lowest BCUT2D eigenvalue weighted by atomic mass is 10.0. The number of hydrogen-bond acceptors (Lipinski definition) is 7. The third kappa shape index (κ3) is 7.37. The number of aryl methyl sites for hydroxylation is 4. The normalized spacial score (nSPS) is 10.6. The van der Waals surface area contributed by atoms with Gasteiger partial charge in [-0.3, -0.25) is 0 Å². The predicted octanol–water partition coefficient (Wildman–Crippen LogP) is 7.10. The van der Waals surface area contributed by atoms with E-state index in [2.05, 4.69) is 18.2 Å². The molecule has 0 amide bonds. The van der Waals surface area contributed by atoms with Gasteiger partial charge in [0.1, 0.15) is 17.2 Å². The van der Waals surface area contributed by atoms with Gasteiger partial charge in [0.2, 0.25) is 5.75 Å². The second-order valence-electron chi connectivity index (χ2n) is 9.45. The molecular weight excluding hydrogens is 520 g/mol. The van der Waals surface area contributed by atoms with Gasteiger partial charge in [-0.05, 0) is 90.4 Å². The molecule has 0 aliphatic carbocycles. The molecule has 216 valence electrons. The van der Waals surface area contributed by atoms with Crippen molar-refractivity contribution in [3.05, 3.63) is 95.1 Å². The molecular formula is C34H38O7. The Balaban J connectivity index is 1.62. The third-order valence-corrected chi connectivity index (χ3v) is 6.97. The van der Waals surface area contributed by atoms with Crippen molar-refractivity contribution in [2.75, 3.05) is 42.7 Å². The molecule has 0 saturated heterocycles. The fraction of sp³-hybridized carbons (Fsp3) is 0.294. The number of ether oxygens (including phenoxy) is 7. The molecule has 0 bridgehead atoms. The molecule has 7 heteroatoms. The molecule has 0 aromatic heterocycles. The van der Waals surface area contributed by atoms with Crippen LogP contribution in [0.3, 0.4) is 0 Å². The second-order valence-corrected chi connectivity index (χ2v) is 9.45. The van der Waals surface area contributed by atoms with E-state index in [1.807, 2.05) is 54.6 Å². The summed E-state index contributed by atoms with van der Waals surface area (Å²) in [5, 5.41) is 0. The quantitative estimate of drug-likeness (QED) is 0.164. The van der Waals surface area contributed by atoms with Gasteiger partial charge in [-0.1, -0.05) is 24.3 Å². The van der Waals surface area contributed by atoms with Gasteiger partial charge in [0.15, 0.2) is 23.0 Å². The number of hydrogen-bond donors (Lipinski definition) is 0. The van der Waals surface area contributed by atoms with E-state index in [-0.39, 0.29) is 0 Å². The standard InChI is InChI=1S/C34H38O7/c1-35-27-16-13-23(14-17-27)10-11-25-19-32(39-5)34(40-6)33(20-25)41-31-21-26(29(37-3)22-30(31)38-4)15-12-24-8-7-9-28(18-24)36-2/h7-9,13-14,16-22H,10-12,15H2,1-6H3. The summed E-state index contributed by atoms with van der Waals surface area (Å²) in [5.74, 6) is 5.16. The highest BCUT2D eigenvalue weighted by Crippen LogP contribution is 2.44. The molecule has 4 aromatic carbocycles. The Kier molecular flexibility index (Phi) is 10.2. The van der Waals surface area contributed by atoms with Crippen LogP contribution in [0.15, 0.2) is 72.8 Å². The van der Waals surface area contributed by atoms with Crippen molar-refractivity contribution in [2.45, 2.75) is 25.7 Å².